The molecule has 1 aliphatic rings. The summed E-state index contributed by atoms with van der Waals surface area (Å²) >= 11 is 3.03. The van der Waals surface area contributed by atoms with Gasteiger partial charge < -0.3 is 14.8 Å². The number of carboxylic acid groups (broad SMARTS) is 1. The van der Waals surface area contributed by atoms with Crippen molar-refractivity contribution in [3.05, 3.63) is 18.0 Å². The summed E-state index contributed by atoms with van der Waals surface area (Å²) in [6, 6.07) is 1.71. The second-order valence-electron chi connectivity index (χ2n) is 2.63. The SMILES string of the molecule is O=C(O)C1(Br)Cc2[nH]ccc2O1. The Hall–Kier alpha value is -0.970. The Balaban J connectivity index is 2.32. The standard InChI is InChI=1S/C7H6BrNO3/c8-7(6(10)11)3-4-5(12-7)1-2-9-4/h1-2,9H,3H2,(H,10,11). The summed E-state index contributed by atoms with van der Waals surface area (Å²) in [6.07, 6.45) is 2.05. The van der Waals surface area contributed by atoms with E-state index in [1.807, 2.05) is 0 Å². The van der Waals surface area contributed by atoms with Crippen LogP contribution in [0.4, 0.5) is 0 Å². The van der Waals surface area contributed by atoms with Gasteiger partial charge in [0.2, 0.25) is 0 Å². The summed E-state index contributed by atoms with van der Waals surface area (Å²) in [7, 11) is 0. The summed E-state index contributed by atoms with van der Waals surface area (Å²) in [6.45, 7) is 0. The Bertz CT molecular complexity index is 313. The molecule has 1 atom stereocenters. The van der Waals surface area contributed by atoms with Crippen LogP contribution in [0, 0.1) is 0 Å². The molecule has 0 saturated carbocycles. The number of hydrogen-bond acceptors (Lipinski definition) is 2. The number of aliphatic carboxylic acids is 1. The van der Waals surface area contributed by atoms with Crippen LogP contribution in [0.3, 0.4) is 0 Å². The fourth-order valence-electron chi connectivity index (χ4n) is 1.18. The lowest BCUT2D eigenvalue weighted by Crippen LogP contribution is -2.36. The molecule has 4 nitrogen and oxygen atoms in total. The molecule has 0 amide bonds. The largest absolute Gasteiger partial charge is 0.478 e. The predicted octanol–water partition coefficient (Wildman–Crippen LogP) is 1.13. The maximum atomic E-state index is 10.7. The third-order valence-corrected chi connectivity index (χ3v) is 2.57. The number of ether oxygens (including phenoxy) is 1. The quantitative estimate of drug-likeness (QED) is 0.713. The molecule has 1 aromatic rings. The van der Waals surface area contributed by atoms with E-state index in [9.17, 15) is 4.79 Å². The molecule has 2 N–H and O–H groups in total. The third-order valence-electron chi connectivity index (χ3n) is 1.78. The topological polar surface area (TPSA) is 62.3 Å². The smallest absolute Gasteiger partial charge is 0.359 e. The van der Waals surface area contributed by atoms with Gasteiger partial charge in [0.1, 0.15) is 5.75 Å². The zero-order valence-electron chi connectivity index (χ0n) is 6.00. The average Bonchev–Trinajstić information content (AvgIpc) is 2.44. The minimum atomic E-state index is -1.27. The van der Waals surface area contributed by atoms with Gasteiger partial charge in [0.05, 0.1) is 12.1 Å². The minimum absolute atomic E-state index is 0.324. The van der Waals surface area contributed by atoms with E-state index < -0.39 is 10.5 Å². The van der Waals surface area contributed by atoms with Gasteiger partial charge in [-0.05, 0) is 22.0 Å². The van der Waals surface area contributed by atoms with Crippen LogP contribution in [0.1, 0.15) is 5.69 Å². The highest BCUT2D eigenvalue weighted by molar-refractivity contribution is 9.10. The highest BCUT2D eigenvalue weighted by atomic mass is 79.9. The summed E-state index contributed by atoms with van der Waals surface area (Å²) in [5, 5.41) is 8.78. The van der Waals surface area contributed by atoms with E-state index >= 15 is 0 Å². The van der Waals surface area contributed by atoms with E-state index in [2.05, 4.69) is 20.9 Å². The first-order chi connectivity index (χ1) is 5.62. The zero-order chi connectivity index (χ0) is 8.77. The van der Waals surface area contributed by atoms with E-state index in [-0.39, 0.29) is 0 Å². The maximum Gasteiger partial charge on any atom is 0.359 e. The van der Waals surface area contributed by atoms with Crippen LogP contribution in [-0.4, -0.2) is 20.6 Å². The fourth-order valence-corrected chi connectivity index (χ4v) is 1.64. The van der Waals surface area contributed by atoms with Crippen LogP contribution in [-0.2, 0) is 11.2 Å². The average molecular weight is 232 g/mol. The van der Waals surface area contributed by atoms with Crippen LogP contribution >= 0.6 is 15.9 Å². The van der Waals surface area contributed by atoms with Gasteiger partial charge in [0.25, 0.3) is 4.51 Å². The number of carbonyl (C=O) groups is 1. The molecule has 12 heavy (non-hydrogen) atoms. The lowest BCUT2D eigenvalue weighted by Gasteiger charge is -2.15. The van der Waals surface area contributed by atoms with Crippen molar-refractivity contribution in [1.29, 1.82) is 0 Å². The second-order valence-corrected chi connectivity index (χ2v) is 3.91. The van der Waals surface area contributed by atoms with Crippen molar-refractivity contribution >= 4 is 21.9 Å². The summed E-state index contributed by atoms with van der Waals surface area (Å²) in [4.78, 5) is 13.6. The molecule has 0 spiro atoms. The van der Waals surface area contributed by atoms with Crippen molar-refractivity contribution in [2.24, 2.45) is 0 Å². The first kappa shape index (κ1) is 7.67. The third kappa shape index (κ3) is 0.929. The monoisotopic (exact) mass is 231 g/mol. The Kier molecular flexibility index (Phi) is 1.44. The van der Waals surface area contributed by atoms with E-state index in [0.717, 1.165) is 5.69 Å². The van der Waals surface area contributed by atoms with E-state index in [0.29, 0.717) is 12.2 Å². The number of H-pyrrole nitrogens is 1. The Morgan fingerprint density at radius 2 is 2.58 bits per heavy atom. The molecule has 0 aromatic carbocycles. The number of fused-ring (bicyclic) bond motifs is 1. The maximum absolute atomic E-state index is 10.7. The van der Waals surface area contributed by atoms with E-state index in [4.69, 9.17) is 9.84 Å². The molecular weight excluding hydrogens is 226 g/mol. The molecule has 0 fully saturated rings. The van der Waals surface area contributed by atoms with Gasteiger partial charge in [-0.2, -0.15) is 0 Å². The first-order valence-electron chi connectivity index (χ1n) is 3.39. The Morgan fingerprint density at radius 1 is 1.83 bits per heavy atom. The van der Waals surface area contributed by atoms with E-state index in [1.165, 1.54) is 0 Å². The van der Waals surface area contributed by atoms with Crippen LogP contribution < -0.4 is 4.74 Å². The van der Waals surface area contributed by atoms with Gasteiger partial charge in [0.15, 0.2) is 0 Å². The second kappa shape index (κ2) is 2.26. The van der Waals surface area contributed by atoms with Gasteiger partial charge in [-0.1, -0.05) is 0 Å². The van der Waals surface area contributed by atoms with Crippen molar-refractivity contribution in [2.75, 3.05) is 0 Å². The number of hydrogen-bond donors (Lipinski definition) is 2. The lowest BCUT2D eigenvalue weighted by molar-refractivity contribution is -0.146. The summed E-state index contributed by atoms with van der Waals surface area (Å²) in [5.41, 5.74) is 0.814. The van der Waals surface area contributed by atoms with Crippen molar-refractivity contribution in [3.63, 3.8) is 0 Å². The molecule has 0 radical (unpaired) electrons. The number of nitrogens with one attached hydrogen (secondary N) is 1. The van der Waals surface area contributed by atoms with Crippen molar-refractivity contribution in [3.8, 4) is 5.75 Å². The van der Waals surface area contributed by atoms with Gasteiger partial charge in [-0.3, -0.25) is 0 Å². The van der Waals surface area contributed by atoms with Crippen LogP contribution in [0.15, 0.2) is 12.3 Å². The number of aromatic amines is 1. The molecule has 2 heterocycles. The molecular formula is C7H6BrNO3. The van der Waals surface area contributed by atoms with Gasteiger partial charge in [-0.15, -0.1) is 0 Å². The molecule has 1 unspecified atom stereocenters. The molecule has 5 heteroatoms. The highest BCUT2D eigenvalue weighted by Gasteiger charge is 2.44. The predicted molar refractivity (Wildman–Crippen MR) is 44.4 cm³/mol. The number of rotatable bonds is 1. The number of carboxylic acids is 1. The minimum Gasteiger partial charge on any atom is -0.478 e. The summed E-state index contributed by atoms with van der Waals surface area (Å²) < 4.78 is 3.91. The van der Waals surface area contributed by atoms with Gasteiger partial charge in [0, 0.05) is 6.20 Å². The van der Waals surface area contributed by atoms with Gasteiger partial charge in [-0.25, -0.2) is 4.79 Å². The normalized spacial score (nSPS) is 26.4. The van der Waals surface area contributed by atoms with Crippen LogP contribution in [0.25, 0.3) is 0 Å². The number of aromatic nitrogens is 1. The van der Waals surface area contributed by atoms with Crippen LogP contribution in [0.2, 0.25) is 0 Å². The number of alkyl halides is 1. The van der Waals surface area contributed by atoms with Gasteiger partial charge >= 0.3 is 5.97 Å². The summed E-state index contributed by atoms with van der Waals surface area (Å²) in [5.74, 6) is -0.402. The highest BCUT2D eigenvalue weighted by Crippen LogP contribution is 2.38. The molecule has 64 valence electrons. The van der Waals surface area contributed by atoms with Crippen LogP contribution in [0.5, 0.6) is 5.75 Å². The first-order valence-corrected chi connectivity index (χ1v) is 4.19. The molecule has 1 aromatic heterocycles. The van der Waals surface area contributed by atoms with Crippen molar-refractivity contribution in [1.82, 2.24) is 4.98 Å². The molecule has 0 bridgehead atoms. The zero-order valence-corrected chi connectivity index (χ0v) is 7.59. The molecule has 0 aliphatic carbocycles. The van der Waals surface area contributed by atoms with Crippen molar-refractivity contribution < 1.29 is 14.6 Å². The number of halogens is 1. The van der Waals surface area contributed by atoms with E-state index in [1.54, 1.807) is 12.3 Å². The molecule has 1 aliphatic heterocycles. The molecule has 2 rings (SSSR count). The lowest BCUT2D eigenvalue weighted by atomic mass is 10.2. The fraction of sp³-hybridized carbons (Fsp3) is 0.286. The Morgan fingerprint density at radius 3 is 3.17 bits per heavy atom. The Labute approximate surface area is 76.7 Å². The van der Waals surface area contributed by atoms with Crippen molar-refractivity contribution in [2.45, 2.75) is 10.9 Å². The molecule has 0 saturated heterocycles.